The van der Waals surface area contributed by atoms with Crippen molar-refractivity contribution in [2.45, 2.75) is 16.2 Å². The van der Waals surface area contributed by atoms with Crippen molar-refractivity contribution in [1.82, 2.24) is 4.72 Å². The van der Waals surface area contributed by atoms with E-state index >= 15 is 0 Å². The first-order valence-electron chi connectivity index (χ1n) is 5.18. The Morgan fingerprint density at radius 1 is 1.11 bits per heavy atom. The second-order valence-corrected chi connectivity index (χ2v) is 7.50. The van der Waals surface area contributed by atoms with E-state index in [-0.39, 0.29) is 16.3 Å². The number of nitrogens with one attached hydrogen (secondary N) is 1. The normalized spacial score (nSPS) is 12.3. The van der Waals surface area contributed by atoms with E-state index in [9.17, 15) is 16.8 Å². The van der Waals surface area contributed by atoms with Crippen LogP contribution >= 0.6 is 0 Å². The lowest BCUT2D eigenvalue weighted by atomic mass is 10.4. The van der Waals surface area contributed by atoms with Crippen molar-refractivity contribution >= 4 is 19.9 Å². The molecule has 0 atom stereocenters. The summed E-state index contributed by atoms with van der Waals surface area (Å²) in [7, 11) is -6.90. The number of hydrogen-bond donors (Lipinski definition) is 1. The van der Waals surface area contributed by atoms with E-state index in [1.807, 2.05) is 0 Å². The fourth-order valence-electron chi connectivity index (χ4n) is 1.24. The number of rotatable bonds is 6. The topological polar surface area (TPSA) is 80.3 Å². The summed E-state index contributed by atoms with van der Waals surface area (Å²) in [6.07, 6.45) is 3.20. The fourth-order valence-corrected chi connectivity index (χ4v) is 2.92. The molecule has 1 aromatic carbocycles. The van der Waals surface area contributed by atoms with Crippen molar-refractivity contribution in [3.8, 4) is 0 Å². The fraction of sp³-hybridized carbons (Fsp3) is 0.273. The summed E-state index contributed by atoms with van der Waals surface area (Å²) in [6.45, 7) is 3.75. The van der Waals surface area contributed by atoms with Gasteiger partial charge in [-0.1, -0.05) is 6.08 Å². The molecule has 0 amide bonds. The zero-order valence-corrected chi connectivity index (χ0v) is 11.6. The summed E-state index contributed by atoms with van der Waals surface area (Å²) >= 11 is 0. The molecule has 0 heterocycles. The number of sulfone groups is 1. The second-order valence-electron chi connectivity index (χ2n) is 3.72. The summed E-state index contributed by atoms with van der Waals surface area (Å²) in [6, 6.07) is 5.09. The first kappa shape index (κ1) is 14.9. The van der Waals surface area contributed by atoms with E-state index in [4.69, 9.17) is 0 Å². The Kier molecular flexibility index (Phi) is 4.66. The van der Waals surface area contributed by atoms with E-state index < -0.39 is 19.9 Å². The molecule has 0 spiro atoms. The van der Waals surface area contributed by atoms with Crippen LogP contribution in [0, 0.1) is 0 Å². The van der Waals surface area contributed by atoms with Gasteiger partial charge in [0.2, 0.25) is 10.0 Å². The molecule has 18 heavy (non-hydrogen) atoms. The van der Waals surface area contributed by atoms with E-state index in [1.165, 1.54) is 24.3 Å². The second kappa shape index (κ2) is 5.64. The molecule has 0 aromatic heterocycles. The Bertz CT molecular complexity index is 616. The van der Waals surface area contributed by atoms with Crippen LogP contribution in [0.5, 0.6) is 0 Å². The van der Waals surface area contributed by atoms with Gasteiger partial charge < -0.3 is 0 Å². The lowest BCUT2D eigenvalue weighted by molar-refractivity contribution is 0.581. The van der Waals surface area contributed by atoms with Gasteiger partial charge in [-0.3, -0.25) is 0 Å². The number of sulfonamides is 1. The minimum Gasteiger partial charge on any atom is -0.224 e. The summed E-state index contributed by atoms with van der Waals surface area (Å²) in [5.74, 6) is 0. The minimum atomic E-state index is -3.59. The van der Waals surface area contributed by atoms with Crippen molar-refractivity contribution in [3.05, 3.63) is 36.9 Å². The molecular weight excluding hydrogens is 274 g/mol. The van der Waals surface area contributed by atoms with Gasteiger partial charge in [0.15, 0.2) is 9.84 Å². The Balaban J connectivity index is 2.95. The number of hydrogen-bond acceptors (Lipinski definition) is 4. The molecule has 5 nitrogen and oxygen atoms in total. The standard InChI is InChI=1S/C11H15NO4S2/c1-3-4-9-12-18(15,16)11-7-5-10(6-8-11)17(2,13)14/h3,5-8,12H,1,4,9H2,2H3. The van der Waals surface area contributed by atoms with Gasteiger partial charge in [0.25, 0.3) is 0 Å². The molecule has 0 fully saturated rings. The predicted octanol–water partition coefficient (Wildman–Crippen LogP) is 0.945. The largest absolute Gasteiger partial charge is 0.240 e. The van der Waals surface area contributed by atoms with Crippen molar-refractivity contribution in [2.24, 2.45) is 0 Å². The highest BCUT2D eigenvalue weighted by atomic mass is 32.2. The molecule has 0 unspecified atom stereocenters. The molecule has 0 saturated heterocycles. The van der Waals surface area contributed by atoms with Crippen LogP contribution in [0.15, 0.2) is 46.7 Å². The third kappa shape index (κ3) is 3.94. The van der Waals surface area contributed by atoms with Crippen molar-refractivity contribution in [1.29, 1.82) is 0 Å². The molecule has 0 aliphatic rings. The quantitative estimate of drug-likeness (QED) is 0.624. The Morgan fingerprint density at radius 2 is 1.61 bits per heavy atom. The zero-order valence-electron chi connectivity index (χ0n) is 9.96. The minimum absolute atomic E-state index is 0.0407. The highest BCUT2D eigenvalue weighted by molar-refractivity contribution is 7.90. The van der Waals surface area contributed by atoms with Crippen LogP contribution in [-0.2, 0) is 19.9 Å². The van der Waals surface area contributed by atoms with Crippen LogP contribution < -0.4 is 4.72 Å². The molecule has 100 valence electrons. The predicted molar refractivity (Wildman–Crippen MR) is 69.6 cm³/mol. The number of benzene rings is 1. The molecule has 0 aliphatic heterocycles. The van der Waals surface area contributed by atoms with Gasteiger partial charge in [-0.15, -0.1) is 6.58 Å². The zero-order chi connectivity index (χ0) is 13.8. The molecule has 0 aliphatic carbocycles. The third-order valence-corrected chi connectivity index (χ3v) is 4.81. The Labute approximate surface area is 108 Å². The Morgan fingerprint density at radius 3 is 2.06 bits per heavy atom. The smallest absolute Gasteiger partial charge is 0.224 e. The first-order chi connectivity index (χ1) is 8.27. The van der Waals surface area contributed by atoms with E-state index in [0.717, 1.165) is 6.26 Å². The summed E-state index contributed by atoms with van der Waals surface area (Å²) < 4.78 is 48.4. The van der Waals surface area contributed by atoms with E-state index in [2.05, 4.69) is 11.3 Å². The van der Waals surface area contributed by atoms with Crippen molar-refractivity contribution < 1.29 is 16.8 Å². The molecular formula is C11H15NO4S2. The molecule has 1 aromatic rings. The van der Waals surface area contributed by atoms with Gasteiger partial charge in [-0.2, -0.15) is 0 Å². The monoisotopic (exact) mass is 289 g/mol. The highest BCUT2D eigenvalue weighted by Crippen LogP contribution is 2.14. The molecule has 1 N–H and O–H groups in total. The van der Waals surface area contributed by atoms with Crippen LogP contribution in [0.25, 0.3) is 0 Å². The van der Waals surface area contributed by atoms with Gasteiger partial charge in [0.05, 0.1) is 9.79 Å². The summed E-state index contributed by atoms with van der Waals surface area (Å²) in [5.41, 5.74) is 0. The molecule has 0 saturated carbocycles. The maximum absolute atomic E-state index is 11.8. The van der Waals surface area contributed by atoms with Crippen molar-refractivity contribution in [2.75, 3.05) is 12.8 Å². The molecule has 7 heteroatoms. The third-order valence-electron chi connectivity index (χ3n) is 2.20. The van der Waals surface area contributed by atoms with E-state index in [0.29, 0.717) is 6.42 Å². The van der Waals surface area contributed by atoms with Gasteiger partial charge in [0, 0.05) is 12.8 Å². The van der Waals surface area contributed by atoms with Crippen LogP contribution in [0.3, 0.4) is 0 Å². The summed E-state index contributed by atoms with van der Waals surface area (Å²) in [4.78, 5) is 0.131. The maximum Gasteiger partial charge on any atom is 0.240 e. The summed E-state index contributed by atoms with van der Waals surface area (Å²) in [5, 5.41) is 0. The van der Waals surface area contributed by atoms with Gasteiger partial charge in [0.1, 0.15) is 0 Å². The lowest BCUT2D eigenvalue weighted by Crippen LogP contribution is -2.24. The van der Waals surface area contributed by atoms with Gasteiger partial charge >= 0.3 is 0 Å². The van der Waals surface area contributed by atoms with Gasteiger partial charge in [-0.25, -0.2) is 21.6 Å². The highest BCUT2D eigenvalue weighted by Gasteiger charge is 2.14. The maximum atomic E-state index is 11.8. The average Bonchev–Trinajstić information content (AvgIpc) is 2.28. The van der Waals surface area contributed by atoms with Crippen LogP contribution in [0.4, 0.5) is 0 Å². The van der Waals surface area contributed by atoms with Crippen LogP contribution in [0.1, 0.15) is 6.42 Å². The van der Waals surface area contributed by atoms with Crippen LogP contribution in [0.2, 0.25) is 0 Å². The van der Waals surface area contributed by atoms with Crippen LogP contribution in [-0.4, -0.2) is 29.6 Å². The molecule has 1 rings (SSSR count). The van der Waals surface area contributed by atoms with E-state index in [1.54, 1.807) is 6.08 Å². The SMILES string of the molecule is C=CCCNS(=O)(=O)c1ccc(S(C)(=O)=O)cc1. The average molecular weight is 289 g/mol. The molecule has 0 bridgehead atoms. The Hall–Kier alpha value is -1.18. The van der Waals surface area contributed by atoms with Gasteiger partial charge in [-0.05, 0) is 30.7 Å². The molecule has 0 radical (unpaired) electrons. The van der Waals surface area contributed by atoms with Crippen molar-refractivity contribution in [3.63, 3.8) is 0 Å². The lowest BCUT2D eigenvalue weighted by Gasteiger charge is -2.06. The first-order valence-corrected chi connectivity index (χ1v) is 8.55.